The SMILES string of the molecule is CCCOC(C)(CC)CC(CO)OC(C)C1COC(C)(C)CC(COC(C)CC)OCC(C)(CC(O)COC(C)CC)OC1. The lowest BCUT2D eigenvalue weighted by atomic mass is 9.94. The third-order valence-electron chi connectivity index (χ3n) is 8.97. The highest BCUT2D eigenvalue weighted by molar-refractivity contribution is 4.85. The fraction of sp³-hybridized carbons (Fsp3) is 1.00. The predicted molar refractivity (Wildman–Crippen MR) is 175 cm³/mol. The van der Waals surface area contributed by atoms with Crippen LogP contribution in [-0.4, -0.2) is 110 Å². The van der Waals surface area contributed by atoms with Crippen molar-refractivity contribution < 1.29 is 43.4 Å². The van der Waals surface area contributed by atoms with Gasteiger partial charge in [-0.05, 0) is 74.1 Å². The van der Waals surface area contributed by atoms with Gasteiger partial charge in [0.2, 0.25) is 0 Å². The van der Waals surface area contributed by atoms with E-state index in [2.05, 4.69) is 55.4 Å². The molecule has 2 N–H and O–H groups in total. The van der Waals surface area contributed by atoms with E-state index in [1.807, 2.05) is 20.8 Å². The number of hydrogen-bond donors (Lipinski definition) is 2. The molecule has 1 rings (SSSR count). The van der Waals surface area contributed by atoms with Gasteiger partial charge in [0.05, 0.1) is 93.1 Å². The second kappa shape index (κ2) is 20.8. The second-order valence-electron chi connectivity index (χ2n) is 14.2. The van der Waals surface area contributed by atoms with Gasteiger partial charge in [0, 0.05) is 31.8 Å². The number of hydrogen-bond acceptors (Lipinski definition) is 9. The highest BCUT2D eigenvalue weighted by Crippen LogP contribution is 2.30. The first kappa shape index (κ1) is 41.7. The van der Waals surface area contributed by atoms with E-state index in [4.69, 9.17) is 33.2 Å². The molecule has 9 unspecified atom stereocenters. The maximum absolute atomic E-state index is 11.0. The lowest BCUT2D eigenvalue weighted by Gasteiger charge is -2.37. The van der Waals surface area contributed by atoms with Gasteiger partial charge in [0.25, 0.3) is 0 Å². The van der Waals surface area contributed by atoms with Crippen molar-refractivity contribution in [2.24, 2.45) is 5.92 Å². The van der Waals surface area contributed by atoms with Gasteiger partial charge >= 0.3 is 0 Å². The molecule has 1 fully saturated rings. The van der Waals surface area contributed by atoms with Crippen molar-refractivity contribution in [3.63, 3.8) is 0 Å². The van der Waals surface area contributed by atoms with Gasteiger partial charge in [-0.15, -0.1) is 0 Å². The molecule has 0 aromatic heterocycles. The van der Waals surface area contributed by atoms with Crippen molar-refractivity contribution in [3.05, 3.63) is 0 Å². The molecule has 9 nitrogen and oxygen atoms in total. The molecule has 1 aliphatic heterocycles. The van der Waals surface area contributed by atoms with Crippen LogP contribution in [0.15, 0.2) is 0 Å². The fourth-order valence-corrected chi connectivity index (χ4v) is 5.23. The monoisotopic (exact) mass is 635 g/mol. The minimum absolute atomic E-state index is 0.0763. The molecule has 0 aromatic carbocycles. The second-order valence-corrected chi connectivity index (χ2v) is 14.2. The average molecular weight is 635 g/mol. The first-order valence-electron chi connectivity index (χ1n) is 17.3. The first-order valence-corrected chi connectivity index (χ1v) is 17.3. The number of rotatable bonds is 20. The van der Waals surface area contributed by atoms with Crippen LogP contribution in [0.3, 0.4) is 0 Å². The Bertz CT molecular complexity index is 737. The van der Waals surface area contributed by atoms with Crippen molar-refractivity contribution in [2.75, 3.05) is 46.2 Å². The van der Waals surface area contributed by atoms with E-state index in [0.29, 0.717) is 52.3 Å². The highest BCUT2D eigenvalue weighted by atomic mass is 16.6. The first-order chi connectivity index (χ1) is 20.6. The lowest BCUT2D eigenvalue weighted by Crippen LogP contribution is -2.44. The van der Waals surface area contributed by atoms with E-state index < -0.39 is 17.3 Å². The maximum Gasteiger partial charge on any atom is 0.0912 e. The summed E-state index contributed by atoms with van der Waals surface area (Å²) >= 11 is 0. The van der Waals surface area contributed by atoms with Crippen LogP contribution in [0, 0.1) is 5.92 Å². The van der Waals surface area contributed by atoms with Crippen molar-refractivity contribution in [3.8, 4) is 0 Å². The summed E-state index contributed by atoms with van der Waals surface area (Å²) in [7, 11) is 0. The molecule has 0 amide bonds. The molecule has 44 heavy (non-hydrogen) atoms. The van der Waals surface area contributed by atoms with Crippen LogP contribution in [-0.2, 0) is 33.2 Å². The minimum atomic E-state index is -0.773. The summed E-state index contributed by atoms with van der Waals surface area (Å²) in [6, 6.07) is 0. The Kier molecular flexibility index (Phi) is 19.7. The Morgan fingerprint density at radius 2 is 1.59 bits per heavy atom. The Morgan fingerprint density at radius 3 is 2.18 bits per heavy atom. The molecule has 0 saturated carbocycles. The van der Waals surface area contributed by atoms with Crippen LogP contribution >= 0.6 is 0 Å². The molecule has 9 heteroatoms. The van der Waals surface area contributed by atoms with Crippen LogP contribution in [0.4, 0.5) is 0 Å². The number of aliphatic hydroxyl groups is 2. The average Bonchev–Trinajstić information content (AvgIpc) is 3.00. The van der Waals surface area contributed by atoms with Gasteiger partial charge < -0.3 is 43.4 Å². The van der Waals surface area contributed by atoms with E-state index in [9.17, 15) is 10.2 Å². The molecule has 0 aromatic rings. The topological polar surface area (TPSA) is 105 Å². The van der Waals surface area contributed by atoms with Crippen molar-refractivity contribution >= 4 is 0 Å². The molecule has 1 aliphatic rings. The van der Waals surface area contributed by atoms with E-state index in [0.717, 1.165) is 25.7 Å². The van der Waals surface area contributed by atoms with Gasteiger partial charge in [0.1, 0.15) is 0 Å². The summed E-state index contributed by atoms with van der Waals surface area (Å²) in [6.45, 7) is 25.0. The summed E-state index contributed by atoms with van der Waals surface area (Å²) in [5, 5.41) is 21.2. The summed E-state index contributed by atoms with van der Waals surface area (Å²) < 4.78 is 44.2. The number of ether oxygens (including phenoxy) is 7. The van der Waals surface area contributed by atoms with Crippen molar-refractivity contribution in [1.82, 2.24) is 0 Å². The molecule has 264 valence electrons. The van der Waals surface area contributed by atoms with E-state index in [1.54, 1.807) is 0 Å². The summed E-state index contributed by atoms with van der Waals surface area (Å²) in [4.78, 5) is 0. The summed E-state index contributed by atoms with van der Waals surface area (Å²) in [5.41, 5.74) is -1.62. The van der Waals surface area contributed by atoms with E-state index in [-0.39, 0.29) is 55.3 Å². The van der Waals surface area contributed by atoms with Gasteiger partial charge in [-0.2, -0.15) is 0 Å². The van der Waals surface area contributed by atoms with Crippen LogP contribution in [0.25, 0.3) is 0 Å². The third kappa shape index (κ3) is 16.5. The molecule has 0 radical (unpaired) electrons. The molecule has 0 bridgehead atoms. The molecule has 9 atom stereocenters. The van der Waals surface area contributed by atoms with Crippen LogP contribution < -0.4 is 0 Å². The fourth-order valence-electron chi connectivity index (χ4n) is 5.23. The molecule has 1 saturated heterocycles. The van der Waals surface area contributed by atoms with Gasteiger partial charge in [-0.25, -0.2) is 0 Å². The predicted octanol–water partition coefficient (Wildman–Crippen LogP) is 6.09. The van der Waals surface area contributed by atoms with Crippen LogP contribution in [0.5, 0.6) is 0 Å². The normalized spacial score (nSPS) is 28.3. The Labute approximate surface area is 270 Å². The van der Waals surface area contributed by atoms with Crippen molar-refractivity contribution in [2.45, 2.75) is 175 Å². The standard InChI is InChI=1S/C35H70O9/c1-12-16-41-34(10,15-4)19-31(20-36)44-28(7)29-21-42-33(8,9)18-32(24-39-27(6)14-3)40-25-35(11,43-22-29)17-30(37)23-38-26(5)13-2/h26-32,36-37H,12-25H2,1-11H3. The van der Waals surface area contributed by atoms with Crippen LogP contribution in [0.1, 0.15) is 121 Å². The van der Waals surface area contributed by atoms with Gasteiger partial charge in [0.15, 0.2) is 0 Å². The zero-order valence-electron chi connectivity index (χ0n) is 30.2. The molecule has 0 spiro atoms. The Morgan fingerprint density at radius 1 is 0.955 bits per heavy atom. The highest BCUT2D eigenvalue weighted by Gasteiger charge is 2.37. The maximum atomic E-state index is 11.0. The molecular weight excluding hydrogens is 564 g/mol. The van der Waals surface area contributed by atoms with Crippen LogP contribution in [0.2, 0.25) is 0 Å². The lowest BCUT2D eigenvalue weighted by molar-refractivity contribution is -0.161. The Hall–Kier alpha value is -0.360. The summed E-state index contributed by atoms with van der Waals surface area (Å²) in [6.07, 6.45) is 3.83. The van der Waals surface area contributed by atoms with Gasteiger partial charge in [-0.3, -0.25) is 0 Å². The van der Waals surface area contributed by atoms with E-state index >= 15 is 0 Å². The zero-order chi connectivity index (χ0) is 33.4. The Balaban J connectivity index is 3.17. The smallest absolute Gasteiger partial charge is 0.0912 e. The summed E-state index contributed by atoms with van der Waals surface area (Å²) in [5.74, 6) is -0.117. The zero-order valence-corrected chi connectivity index (χ0v) is 30.2. The third-order valence-corrected chi connectivity index (χ3v) is 8.97. The minimum Gasteiger partial charge on any atom is -0.394 e. The molecular formula is C35H70O9. The quantitative estimate of drug-likeness (QED) is 0.165. The number of aliphatic hydroxyl groups excluding tert-OH is 2. The van der Waals surface area contributed by atoms with Gasteiger partial charge in [-0.1, -0.05) is 27.7 Å². The molecule has 1 heterocycles. The molecule has 0 aliphatic carbocycles. The van der Waals surface area contributed by atoms with E-state index in [1.165, 1.54) is 0 Å². The van der Waals surface area contributed by atoms with Crippen molar-refractivity contribution in [1.29, 1.82) is 0 Å². The largest absolute Gasteiger partial charge is 0.394 e.